The number of rotatable bonds is 7. The molecule has 0 bridgehead atoms. The Labute approximate surface area is 166 Å². The van der Waals surface area contributed by atoms with Crippen molar-refractivity contribution in [3.63, 3.8) is 0 Å². The van der Waals surface area contributed by atoms with Gasteiger partial charge >= 0.3 is 0 Å². The van der Waals surface area contributed by atoms with Crippen molar-refractivity contribution in [3.8, 4) is 5.75 Å². The Hall–Kier alpha value is -3.07. The fraction of sp³-hybridized carbons (Fsp3) is 0.263. The smallest absolute Gasteiger partial charge is 0.238 e. The molecule has 0 fully saturated rings. The van der Waals surface area contributed by atoms with E-state index in [1.807, 2.05) is 6.07 Å². The first-order chi connectivity index (χ1) is 13.5. The maximum Gasteiger partial charge on any atom is 0.238 e. The summed E-state index contributed by atoms with van der Waals surface area (Å²) in [6.45, 7) is 3.47. The van der Waals surface area contributed by atoms with Crippen LogP contribution < -0.4 is 15.4 Å². The lowest BCUT2D eigenvalue weighted by atomic mass is 10.1. The second-order valence-corrected chi connectivity index (χ2v) is 7.36. The van der Waals surface area contributed by atoms with Crippen molar-refractivity contribution in [3.05, 3.63) is 42.3 Å². The van der Waals surface area contributed by atoms with Gasteiger partial charge in [-0.05, 0) is 38.1 Å². The highest BCUT2D eigenvalue weighted by Crippen LogP contribution is 2.29. The monoisotopic (exact) mass is 400 g/mol. The van der Waals surface area contributed by atoms with Crippen molar-refractivity contribution >= 4 is 46.0 Å². The second-order valence-electron chi connectivity index (χ2n) is 6.03. The average molecular weight is 400 g/mol. The van der Waals surface area contributed by atoms with Crippen molar-refractivity contribution in [2.45, 2.75) is 19.1 Å². The number of nitrogens with one attached hydrogen (secondary N) is 2. The molecule has 1 aromatic carbocycles. The third-order valence-electron chi connectivity index (χ3n) is 3.94. The van der Waals surface area contributed by atoms with Gasteiger partial charge in [0.1, 0.15) is 17.0 Å². The number of thioether (sulfide) groups is 1. The molecule has 0 saturated carbocycles. The SMILES string of the molecule is COc1ccc(NC(=O)CSC(C)C(=O)Nc2cc(C)on2)c2cccnc12. The van der Waals surface area contributed by atoms with Crippen LogP contribution in [0.25, 0.3) is 10.9 Å². The number of fused-ring (bicyclic) bond motifs is 1. The van der Waals surface area contributed by atoms with Crippen LogP contribution in [0.4, 0.5) is 11.5 Å². The van der Waals surface area contributed by atoms with Gasteiger partial charge in [0.25, 0.3) is 0 Å². The summed E-state index contributed by atoms with van der Waals surface area (Å²) in [6, 6.07) is 8.82. The van der Waals surface area contributed by atoms with Gasteiger partial charge in [-0.2, -0.15) is 0 Å². The molecule has 3 aromatic rings. The minimum atomic E-state index is -0.433. The molecule has 2 amide bonds. The van der Waals surface area contributed by atoms with Crippen LogP contribution in [-0.4, -0.2) is 40.1 Å². The Morgan fingerprint density at radius 1 is 1.29 bits per heavy atom. The van der Waals surface area contributed by atoms with Crippen LogP contribution >= 0.6 is 11.8 Å². The fourth-order valence-electron chi connectivity index (χ4n) is 2.54. The van der Waals surface area contributed by atoms with Gasteiger partial charge in [-0.1, -0.05) is 5.16 Å². The van der Waals surface area contributed by atoms with Gasteiger partial charge in [-0.25, -0.2) is 0 Å². The zero-order valence-electron chi connectivity index (χ0n) is 15.7. The second kappa shape index (κ2) is 8.75. The number of aryl methyl sites for hydroxylation is 1. The molecule has 146 valence electrons. The van der Waals surface area contributed by atoms with Crippen LogP contribution in [0, 0.1) is 6.92 Å². The first-order valence-corrected chi connectivity index (χ1v) is 9.60. The number of nitrogens with zero attached hydrogens (tertiary/aromatic N) is 2. The topological polar surface area (TPSA) is 106 Å². The fourth-order valence-corrected chi connectivity index (χ4v) is 3.22. The van der Waals surface area contributed by atoms with Gasteiger partial charge in [0.05, 0.1) is 23.8 Å². The lowest BCUT2D eigenvalue weighted by Gasteiger charge is -2.12. The van der Waals surface area contributed by atoms with E-state index in [4.69, 9.17) is 9.26 Å². The standard InChI is InChI=1S/C19H20N4O4S/c1-11-9-16(23-27-11)22-19(25)12(2)28-10-17(24)21-14-6-7-15(26-3)18-13(14)5-4-8-20-18/h4-9,12H,10H2,1-3H3,(H,21,24)(H,22,23,25). The van der Waals surface area contributed by atoms with E-state index in [-0.39, 0.29) is 17.6 Å². The molecule has 2 N–H and O–H groups in total. The van der Waals surface area contributed by atoms with Crippen molar-refractivity contribution < 1.29 is 18.8 Å². The molecule has 8 nitrogen and oxygen atoms in total. The van der Waals surface area contributed by atoms with Gasteiger partial charge in [-0.15, -0.1) is 11.8 Å². The maximum atomic E-state index is 12.4. The number of ether oxygens (including phenoxy) is 1. The van der Waals surface area contributed by atoms with Crippen molar-refractivity contribution in [1.82, 2.24) is 10.1 Å². The molecule has 0 saturated heterocycles. The summed E-state index contributed by atoms with van der Waals surface area (Å²) < 4.78 is 10.2. The molecular weight excluding hydrogens is 380 g/mol. The molecule has 28 heavy (non-hydrogen) atoms. The number of aromatic nitrogens is 2. The summed E-state index contributed by atoms with van der Waals surface area (Å²) in [4.78, 5) is 28.8. The van der Waals surface area contributed by atoms with E-state index in [0.717, 1.165) is 5.39 Å². The first-order valence-electron chi connectivity index (χ1n) is 8.55. The summed E-state index contributed by atoms with van der Waals surface area (Å²) in [5, 5.41) is 9.60. The highest BCUT2D eigenvalue weighted by molar-refractivity contribution is 8.01. The zero-order chi connectivity index (χ0) is 20.1. The summed E-state index contributed by atoms with van der Waals surface area (Å²) in [7, 11) is 1.57. The molecule has 0 aliphatic heterocycles. The molecule has 0 spiro atoms. The molecule has 0 aliphatic carbocycles. The molecule has 3 rings (SSSR count). The number of hydrogen-bond acceptors (Lipinski definition) is 7. The Morgan fingerprint density at radius 3 is 2.82 bits per heavy atom. The van der Waals surface area contributed by atoms with E-state index in [2.05, 4.69) is 20.8 Å². The van der Waals surface area contributed by atoms with Crippen LogP contribution in [-0.2, 0) is 9.59 Å². The summed E-state index contributed by atoms with van der Waals surface area (Å²) in [5.74, 6) is 1.27. The van der Waals surface area contributed by atoms with E-state index < -0.39 is 5.25 Å². The number of benzene rings is 1. The van der Waals surface area contributed by atoms with E-state index in [1.165, 1.54) is 11.8 Å². The third kappa shape index (κ3) is 4.61. The number of carbonyl (C=O) groups excluding carboxylic acids is 2. The van der Waals surface area contributed by atoms with Crippen molar-refractivity contribution in [1.29, 1.82) is 0 Å². The average Bonchev–Trinajstić information content (AvgIpc) is 3.11. The number of hydrogen-bond donors (Lipinski definition) is 2. The van der Waals surface area contributed by atoms with E-state index in [9.17, 15) is 9.59 Å². The minimum Gasteiger partial charge on any atom is -0.494 e. The highest BCUT2D eigenvalue weighted by atomic mass is 32.2. The number of methoxy groups -OCH3 is 1. The Bertz CT molecular complexity index is 1000. The van der Waals surface area contributed by atoms with Gasteiger partial charge < -0.3 is 19.9 Å². The predicted octanol–water partition coefficient (Wildman–Crippen LogP) is 3.24. The summed E-state index contributed by atoms with van der Waals surface area (Å²) in [5.41, 5.74) is 1.32. The molecule has 0 radical (unpaired) electrons. The molecule has 0 aliphatic rings. The molecule has 2 aromatic heterocycles. The Kier molecular flexibility index (Phi) is 6.15. The lowest BCUT2D eigenvalue weighted by Crippen LogP contribution is -2.25. The minimum absolute atomic E-state index is 0.125. The molecular formula is C19H20N4O4S. The van der Waals surface area contributed by atoms with Crippen LogP contribution in [0.5, 0.6) is 5.75 Å². The number of amides is 2. The summed E-state index contributed by atoms with van der Waals surface area (Å²) >= 11 is 1.23. The Balaban J connectivity index is 1.58. The quantitative estimate of drug-likeness (QED) is 0.627. The zero-order valence-corrected chi connectivity index (χ0v) is 16.5. The van der Waals surface area contributed by atoms with Gasteiger partial charge in [-0.3, -0.25) is 14.6 Å². The first kappa shape index (κ1) is 19.7. The van der Waals surface area contributed by atoms with E-state index in [0.29, 0.717) is 28.5 Å². The maximum absolute atomic E-state index is 12.4. The predicted molar refractivity (Wildman–Crippen MR) is 109 cm³/mol. The summed E-state index contributed by atoms with van der Waals surface area (Å²) in [6.07, 6.45) is 1.67. The van der Waals surface area contributed by atoms with Crippen LogP contribution in [0.2, 0.25) is 0 Å². The van der Waals surface area contributed by atoms with E-state index in [1.54, 1.807) is 51.4 Å². The molecule has 2 heterocycles. The largest absolute Gasteiger partial charge is 0.494 e. The highest BCUT2D eigenvalue weighted by Gasteiger charge is 2.17. The van der Waals surface area contributed by atoms with Gasteiger partial charge in [0.15, 0.2) is 5.82 Å². The van der Waals surface area contributed by atoms with Crippen LogP contribution in [0.15, 0.2) is 41.1 Å². The van der Waals surface area contributed by atoms with Crippen molar-refractivity contribution in [2.24, 2.45) is 0 Å². The van der Waals surface area contributed by atoms with Crippen molar-refractivity contribution in [2.75, 3.05) is 23.5 Å². The lowest BCUT2D eigenvalue weighted by molar-refractivity contribution is -0.115. The normalized spacial score (nSPS) is 11.8. The molecule has 1 unspecified atom stereocenters. The number of carbonyl (C=O) groups is 2. The Morgan fingerprint density at radius 2 is 2.11 bits per heavy atom. The van der Waals surface area contributed by atoms with Gasteiger partial charge in [0, 0.05) is 17.6 Å². The van der Waals surface area contributed by atoms with Crippen LogP contribution in [0.1, 0.15) is 12.7 Å². The van der Waals surface area contributed by atoms with Crippen LogP contribution in [0.3, 0.4) is 0 Å². The van der Waals surface area contributed by atoms with Gasteiger partial charge in [0.2, 0.25) is 11.8 Å². The number of pyridine rings is 1. The molecule has 1 atom stereocenters. The third-order valence-corrected chi connectivity index (χ3v) is 5.08. The van der Waals surface area contributed by atoms with E-state index >= 15 is 0 Å². The molecule has 9 heteroatoms. The number of anilines is 2.